The van der Waals surface area contributed by atoms with Crippen molar-refractivity contribution in [2.75, 3.05) is 19.6 Å². The van der Waals surface area contributed by atoms with Gasteiger partial charge in [-0.15, -0.1) is 0 Å². The molecule has 1 fully saturated rings. The Morgan fingerprint density at radius 1 is 1.50 bits per heavy atom. The number of carbonyl (C=O) groups is 1. The molecule has 1 aliphatic rings. The summed E-state index contributed by atoms with van der Waals surface area (Å²) < 4.78 is 35.9. The fourth-order valence-electron chi connectivity index (χ4n) is 1.80. The summed E-state index contributed by atoms with van der Waals surface area (Å²) >= 11 is 0. The van der Waals surface area contributed by atoms with Gasteiger partial charge in [-0.25, -0.2) is 0 Å². The van der Waals surface area contributed by atoms with E-state index in [9.17, 15) is 23.1 Å². The molecular weight excluding hydrogens is 225 g/mol. The molecule has 0 radical (unpaired) electrons. The van der Waals surface area contributed by atoms with Gasteiger partial charge in [0.15, 0.2) is 5.60 Å². The molecule has 0 spiro atoms. The zero-order chi connectivity index (χ0) is 12.4. The summed E-state index contributed by atoms with van der Waals surface area (Å²) in [4.78, 5) is 12.4. The van der Waals surface area contributed by atoms with Crippen molar-refractivity contribution in [1.29, 1.82) is 0 Å². The van der Waals surface area contributed by atoms with Gasteiger partial charge in [-0.2, -0.15) is 13.2 Å². The number of hydrogen-bond donors (Lipinski definition) is 2. The number of nitrogens with two attached hydrogens (primary N) is 1. The number of nitrogens with zero attached hydrogens (tertiary/aromatic N) is 1. The molecule has 3 N–H and O–H groups in total. The number of halogens is 3. The smallest absolute Gasteiger partial charge is 0.379 e. The summed E-state index contributed by atoms with van der Waals surface area (Å²) in [7, 11) is 0. The van der Waals surface area contributed by atoms with Gasteiger partial charge in [0, 0.05) is 13.1 Å². The maximum atomic E-state index is 12.0. The van der Waals surface area contributed by atoms with Crippen molar-refractivity contribution in [2.24, 2.45) is 5.73 Å². The maximum Gasteiger partial charge on any atom is 0.390 e. The number of aliphatic hydroxyl groups is 1. The second kappa shape index (κ2) is 4.58. The van der Waals surface area contributed by atoms with E-state index in [1.165, 1.54) is 4.90 Å². The van der Waals surface area contributed by atoms with Crippen molar-refractivity contribution in [3.8, 4) is 0 Å². The minimum Gasteiger partial charge on any atom is -0.379 e. The van der Waals surface area contributed by atoms with Gasteiger partial charge in [-0.1, -0.05) is 0 Å². The number of hydrogen-bond acceptors (Lipinski definition) is 3. The number of amides is 1. The molecule has 1 heterocycles. The van der Waals surface area contributed by atoms with E-state index >= 15 is 0 Å². The number of rotatable bonds is 3. The largest absolute Gasteiger partial charge is 0.390 e. The van der Waals surface area contributed by atoms with Crippen LogP contribution < -0.4 is 5.73 Å². The summed E-state index contributed by atoms with van der Waals surface area (Å²) in [5.41, 5.74) is 3.33. The van der Waals surface area contributed by atoms with Crippen molar-refractivity contribution in [1.82, 2.24) is 4.90 Å². The number of β-amino-alcohol motifs (C(OH)–C–C–N with tert-alkyl or cyclic N) is 1. The zero-order valence-electron chi connectivity index (χ0n) is 8.76. The topological polar surface area (TPSA) is 66.6 Å². The fourth-order valence-corrected chi connectivity index (χ4v) is 1.80. The van der Waals surface area contributed by atoms with Crippen LogP contribution in [-0.4, -0.2) is 47.3 Å². The predicted octanol–water partition coefficient (Wildman–Crippen LogP) is 0.251. The highest BCUT2D eigenvalue weighted by molar-refractivity contribution is 5.83. The molecule has 16 heavy (non-hydrogen) atoms. The molecule has 0 aliphatic carbocycles. The van der Waals surface area contributed by atoms with E-state index in [0.29, 0.717) is 13.0 Å². The van der Waals surface area contributed by atoms with Gasteiger partial charge in [-0.3, -0.25) is 9.69 Å². The Balaban J connectivity index is 2.48. The Hall–Kier alpha value is -0.820. The van der Waals surface area contributed by atoms with Gasteiger partial charge >= 0.3 is 6.18 Å². The monoisotopic (exact) mass is 240 g/mol. The highest BCUT2D eigenvalue weighted by Crippen LogP contribution is 2.24. The SMILES string of the molecule is NC(=O)C1(O)CCCN(CCC(F)(F)F)C1. The van der Waals surface area contributed by atoms with E-state index in [-0.39, 0.29) is 19.5 Å². The lowest BCUT2D eigenvalue weighted by Gasteiger charge is -2.37. The van der Waals surface area contributed by atoms with Crippen molar-refractivity contribution in [3.05, 3.63) is 0 Å². The van der Waals surface area contributed by atoms with E-state index in [4.69, 9.17) is 5.73 Å². The maximum absolute atomic E-state index is 12.0. The van der Waals surface area contributed by atoms with E-state index in [2.05, 4.69) is 0 Å². The van der Waals surface area contributed by atoms with Crippen LogP contribution in [0.15, 0.2) is 0 Å². The summed E-state index contributed by atoms with van der Waals surface area (Å²) in [6.07, 6.45) is -4.48. The number of alkyl halides is 3. The molecule has 0 bridgehead atoms. The number of primary amides is 1. The van der Waals surface area contributed by atoms with Gasteiger partial charge in [0.1, 0.15) is 0 Å². The molecular formula is C9H15F3N2O2. The van der Waals surface area contributed by atoms with Crippen LogP contribution in [0.25, 0.3) is 0 Å². The summed E-state index contributed by atoms with van der Waals surface area (Å²) in [5.74, 6) is -0.871. The van der Waals surface area contributed by atoms with E-state index in [1.54, 1.807) is 0 Å². The average molecular weight is 240 g/mol. The second-order valence-corrected chi connectivity index (χ2v) is 4.14. The van der Waals surface area contributed by atoms with Gasteiger partial charge in [0.2, 0.25) is 0 Å². The van der Waals surface area contributed by atoms with Crippen molar-refractivity contribution < 1.29 is 23.1 Å². The molecule has 0 aromatic heterocycles. The number of carbonyl (C=O) groups excluding carboxylic acids is 1. The first kappa shape index (κ1) is 13.2. The van der Waals surface area contributed by atoms with Crippen LogP contribution in [0.4, 0.5) is 13.2 Å². The molecule has 1 saturated heterocycles. The lowest BCUT2D eigenvalue weighted by molar-refractivity contribution is -0.148. The molecule has 94 valence electrons. The lowest BCUT2D eigenvalue weighted by Crippen LogP contribution is -2.56. The first-order valence-corrected chi connectivity index (χ1v) is 5.04. The third-order valence-electron chi connectivity index (χ3n) is 2.72. The molecule has 4 nitrogen and oxygen atoms in total. The van der Waals surface area contributed by atoms with E-state index in [0.717, 1.165) is 0 Å². The Labute approximate surface area is 91.2 Å². The summed E-state index contributed by atoms with van der Waals surface area (Å²) in [5, 5.41) is 9.75. The number of piperidine rings is 1. The number of likely N-dealkylation sites (tertiary alicyclic amines) is 1. The van der Waals surface area contributed by atoms with E-state index < -0.39 is 24.1 Å². The highest BCUT2D eigenvalue weighted by Gasteiger charge is 2.39. The van der Waals surface area contributed by atoms with Crippen LogP contribution in [0.3, 0.4) is 0 Å². The van der Waals surface area contributed by atoms with Crippen LogP contribution >= 0.6 is 0 Å². The highest BCUT2D eigenvalue weighted by atomic mass is 19.4. The van der Waals surface area contributed by atoms with Gasteiger partial charge in [0.25, 0.3) is 5.91 Å². The van der Waals surface area contributed by atoms with Crippen LogP contribution in [0.1, 0.15) is 19.3 Å². The lowest BCUT2D eigenvalue weighted by atomic mass is 9.92. The van der Waals surface area contributed by atoms with Gasteiger partial charge in [0.05, 0.1) is 6.42 Å². The molecule has 1 unspecified atom stereocenters. The molecule has 0 aromatic rings. The fraction of sp³-hybridized carbons (Fsp3) is 0.889. The first-order valence-electron chi connectivity index (χ1n) is 5.04. The third-order valence-corrected chi connectivity index (χ3v) is 2.72. The molecule has 1 atom stereocenters. The normalized spacial score (nSPS) is 28.0. The molecule has 0 saturated carbocycles. The molecule has 1 aliphatic heterocycles. The average Bonchev–Trinajstić information content (AvgIpc) is 2.14. The second-order valence-electron chi connectivity index (χ2n) is 4.14. The van der Waals surface area contributed by atoms with Crippen LogP contribution in [-0.2, 0) is 4.79 Å². The zero-order valence-corrected chi connectivity index (χ0v) is 8.76. The molecule has 1 rings (SSSR count). The first-order chi connectivity index (χ1) is 7.23. The molecule has 1 amide bonds. The minimum absolute atomic E-state index is 0.113. The van der Waals surface area contributed by atoms with Crippen molar-refractivity contribution in [3.63, 3.8) is 0 Å². The van der Waals surface area contributed by atoms with Crippen LogP contribution in [0, 0.1) is 0 Å². The Kier molecular flexibility index (Phi) is 3.80. The Morgan fingerprint density at radius 3 is 2.62 bits per heavy atom. The van der Waals surface area contributed by atoms with Gasteiger partial charge < -0.3 is 10.8 Å². The minimum atomic E-state index is -4.22. The standard InChI is InChI=1S/C9H15F3N2O2/c10-9(11,12)3-5-14-4-1-2-8(16,6-14)7(13)15/h16H,1-6H2,(H2,13,15). The molecule has 0 aromatic carbocycles. The van der Waals surface area contributed by atoms with Crippen molar-refractivity contribution in [2.45, 2.75) is 31.0 Å². The third kappa shape index (κ3) is 3.64. The molecule has 7 heteroatoms. The van der Waals surface area contributed by atoms with Crippen LogP contribution in [0.2, 0.25) is 0 Å². The van der Waals surface area contributed by atoms with Gasteiger partial charge in [-0.05, 0) is 19.4 Å². The Bertz CT molecular complexity index is 270. The van der Waals surface area contributed by atoms with Crippen molar-refractivity contribution >= 4 is 5.91 Å². The summed E-state index contributed by atoms with van der Waals surface area (Å²) in [6.45, 7) is 0.128. The van der Waals surface area contributed by atoms with E-state index in [1.807, 2.05) is 0 Å². The van der Waals surface area contributed by atoms with Crippen LogP contribution in [0.5, 0.6) is 0 Å². The quantitative estimate of drug-likeness (QED) is 0.743. The Morgan fingerprint density at radius 2 is 2.12 bits per heavy atom. The predicted molar refractivity (Wildman–Crippen MR) is 50.5 cm³/mol. The summed E-state index contributed by atoms with van der Waals surface area (Å²) in [6, 6.07) is 0.